The van der Waals surface area contributed by atoms with E-state index in [1.54, 1.807) is 19.1 Å². The summed E-state index contributed by atoms with van der Waals surface area (Å²) < 4.78 is 37.6. The first kappa shape index (κ1) is 19.3. The van der Waals surface area contributed by atoms with E-state index in [0.29, 0.717) is 5.57 Å². The van der Waals surface area contributed by atoms with Crippen LogP contribution < -0.4 is 0 Å². The second-order valence-corrected chi connectivity index (χ2v) is 7.80. The van der Waals surface area contributed by atoms with Gasteiger partial charge >= 0.3 is 7.60 Å². The standard InChI is InChI=1S/C17H24FO5P/c1-11(2)22-17-14(9-12(3)10-24(19,20)21)23-16(15(17)18)13-7-5-4-6-8-13/h4-8,10-11,14-17H,9H2,1-3H3,(H2,19,20,21)/b12-10+/t14-,15+,16+,17-/m1/s1. The van der Waals surface area contributed by atoms with Gasteiger partial charge in [-0.25, -0.2) is 4.39 Å². The van der Waals surface area contributed by atoms with Gasteiger partial charge < -0.3 is 19.3 Å². The number of halogens is 1. The Morgan fingerprint density at radius 1 is 1.38 bits per heavy atom. The van der Waals surface area contributed by atoms with E-state index in [0.717, 1.165) is 11.4 Å². The summed E-state index contributed by atoms with van der Waals surface area (Å²) in [5.74, 6) is 0.895. The first-order valence-electron chi connectivity index (χ1n) is 7.91. The lowest BCUT2D eigenvalue weighted by atomic mass is 10.00. The molecule has 0 amide bonds. The monoisotopic (exact) mass is 358 g/mol. The minimum Gasteiger partial charge on any atom is -0.370 e. The third kappa shape index (κ3) is 5.23. The molecular weight excluding hydrogens is 334 g/mol. The van der Waals surface area contributed by atoms with Crippen molar-refractivity contribution in [3.05, 3.63) is 47.3 Å². The molecule has 1 saturated heterocycles. The SMILES string of the molecule is C/C(=C\P(=O)(O)O)C[C@H]1O[C@@H](c2ccccc2)[C@H](F)[C@@H]1OC(C)C. The molecule has 4 atom stereocenters. The number of ether oxygens (including phenoxy) is 2. The summed E-state index contributed by atoms with van der Waals surface area (Å²) in [5, 5.41) is 0. The predicted molar refractivity (Wildman–Crippen MR) is 89.4 cm³/mol. The number of rotatable bonds is 6. The van der Waals surface area contributed by atoms with E-state index in [1.807, 2.05) is 32.0 Å². The normalized spacial score (nSPS) is 28.5. The van der Waals surface area contributed by atoms with Gasteiger partial charge in [-0.1, -0.05) is 35.9 Å². The first-order valence-corrected chi connectivity index (χ1v) is 9.59. The summed E-state index contributed by atoms with van der Waals surface area (Å²) in [4.78, 5) is 18.1. The summed E-state index contributed by atoms with van der Waals surface area (Å²) in [6.07, 6.45) is -3.46. The molecule has 0 spiro atoms. The molecule has 1 fully saturated rings. The molecule has 0 aliphatic carbocycles. The third-order valence-electron chi connectivity index (χ3n) is 3.76. The summed E-state index contributed by atoms with van der Waals surface area (Å²) in [5.41, 5.74) is 1.17. The number of benzene rings is 1. The highest BCUT2D eigenvalue weighted by atomic mass is 31.2. The molecule has 0 radical (unpaired) electrons. The van der Waals surface area contributed by atoms with E-state index in [-0.39, 0.29) is 12.5 Å². The summed E-state index contributed by atoms with van der Waals surface area (Å²) in [7, 11) is -4.27. The van der Waals surface area contributed by atoms with Crippen molar-refractivity contribution in [1.29, 1.82) is 0 Å². The van der Waals surface area contributed by atoms with Crippen LogP contribution in [0.15, 0.2) is 41.7 Å². The molecule has 0 unspecified atom stereocenters. The van der Waals surface area contributed by atoms with Gasteiger partial charge in [-0.05, 0) is 32.8 Å². The van der Waals surface area contributed by atoms with Gasteiger partial charge in [-0.15, -0.1) is 0 Å². The van der Waals surface area contributed by atoms with E-state index in [9.17, 15) is 8.96 Å². The Bertz CT molecular complexity index is 613. The molecule has 134 valence electrons. The van der Waals surface area contributed by atoms with Crippen LogP contribution >= 0.6 is 7.60 Å². The average molecular weight is 358 g/mol. The van der Waals surface area contributed by atoms with Crippen LogP contribution in [0.5, 0.6) is 0 Å². The fourth-order valence-electron chi connectivity index (χ4n) is 2.92. The Labute approximate surface area is 141 Å². The molecule has 0 saturated carbocycles. The maximum absolute atomic E-state index is 14.9. The lowest BCUT2D eigenvalue weighted by molar-refractivity contribution is -0.0533. The van der Waals surface area contributed by atoms with E-state index < -0.39 is 32.1 Å². The van der Waals surface area contributed by atoms with Crippen LogP contribution in [0.3, 0.4) is 0 Å². The van der Waals surface area contributed by atoms with Crippen molar-refractivity contribution in [2.45, 2.75) is 57.8 Å². The van der Waals surface area contributed by atoms with Crippen molar-refractivity contribution in [3.63, 3.8) is 0 Å². The van der Waals surface area contributed by atoms with Gasteiger partial charge in [0, 0.05) is 5.82 Å². The molecule has 1 aliphatic heterocycles. The van der Waals surface area contributed by atoms with E-state index >= 15 is 0 Å². The molecular formula is C17H24FO5P. The van der Waals surface area contributed by atoms with Crippen molar-refractivity contribution in [1.82, 2.24) is 0 Å². The van der Waals surface area contributed by atoms with Gasteiger partial charge in [-0.3, -0.25) is 4.57 Å². The maximum atomic E-state index is 14.9. The summed E-state index contributed by atoms with van der Waals surface area (Å²) >= 11 is 0. The van der Waals surface area contributed by atoms with Crippen molar-refractivity contribution in [3.8, 4) is 0 Å². The van der Waals surface area contributed by atoms with E-state index in [2.05, 4.69) is 0 Å². The summed E-state index contributed by atoms with van der Waals surface area (Å²) in [6, 6.07) is 9.07. The molecule has 1 aromatic rings. The zero-order chi connectivity index (χ0) is 17.9. The largest absolute Gasteiger partial charge is 0.370 e. The van der Waals surface area contributed by atoms with Crippen LogP contribution in [0.1, 0.15) is 38.9 Å². The van der Waals surface area contributed by atoms with Crippen LogP contribution in [-0.4, -0.2) is 34.3 Å². The van der Waals surface area contributed by atoms with E-state index in [4.69, 9.17) is 19.3 Å². The smallest absolute Gasteiger partial charge is 0.349 e. The molecule has 24 heavy (non-hydrogen) atoms. The van der Waals surface area contributed by atoms with Crippen LogP contribution in [0, 0.1) is 0 Å². The van der Waals surface area contributed by atoms with Crippen molar-refractivity contribution < 1.29 is 28.2 Å². The Morgan fingerprint density at radius 2 is 2.00 bits per heavy atom. The highest BCUT2D eigenvalue weighted by molar-refractivity contribution is 7.55. The lowest BCUT2D eigenvalue weighted by Crippen LogP contribution is -2.33. The van der Waals surface area contributed by atoms with Gasteiger partial charge in [0.25, 0.3) is 0 Å². The minimum atomic E-state index is -4.27. The van der Waals surface area contributed by atoms with Gasteiger partial charge in [-0.2, -0.15) is 0 Å². The fourth-order valence-corrected chi connectivity index (χ4v) is 3.60. The maximum Gasteiger partial charge on any atom is 0.349 e. The topological polar surface area (TPSA) is 76.0 Å². The lowest BCUT2D eigenvalue weighted by Gasteiger charge is -2.22. The Kier molecular flexibility index (Phi) is 6.34. The van der Waals surface area contributed by atoms with Gasteiger partial charge in [0.1, 0.15) is 12.2 Å². The second kappa shape index (κ2) is 7.89. The van der Waals surface area contributed by atoms with E-state index in [1.165, 1.54) is 0 Å². The van der Waals surface area contributed by atoms with Crippen molar-refractivity contribution >= 4 is 7.60 Å². The molecule has 1 heterocycles. The van der Waals surface area contributed by atoms with Crippen molar-refractivity contribution in [2.75, 3.05) is 0 Å². The molecule has 1 aliphatic rings. The van der Waals surface area contributed by atoms with Crippen LogP contribution in [0.2, 0.25) is 0 Å². The number of alkyl halides is 1. The second-order valence-electron chi connectivity index (χ2n) is 6.37. The third-order valence-corrected chi connectivity index (χ3v) is 4.54. The summed E-state index contributed by atoms with van der Waals surface area (Å²) in [6.45, 7) is 5.23. The van der Waals surface area contributed by atoms with Crippen LogP contribution in [-0.2, 0) is 14.0 Å². The van der Waals surface area contributed by atoms with Gasteiger partial charge in [0.15, 0.2) is 6.17 Å². The Hall–Kier alpha value is -1.04. The Morgan fingerprint density at radius 3 is 2.54 bits per heavy atom. The molecule has 1 aromatic carbocycles. The Balaban J connectivity index is 2.21. The molecule has 0 aromatic heterocycles. The van der Waals surface area contributed by atoms with Crippen LogP contribution in [0.4, 0.5) is 4.39 Å². The predicted octanol–water partition coefficient (Wildman–Crippen LogP) is 3.73. The molecule has 5 nitrogen and oxygen atoms in total. The number of hydrogen-bond donors (Lipinski definition) is 2. The van der Waals surface area contributed by atoms with Gasteiger partial charge in [0.2, 0.25) is 0 Å². The first-order chi connectivity index (χ1) is 11.2. The number of hydrogen-bond acceptors (Lipinski definition) is 3. The highest BCUT2D eigenvalue weighted by Crippen LogP contribution is 2.42. The van der Waals surface area contributed by atoms with Gasteiger partial charge in [0.05, 0.1) is 12.2 Å². The highest BCUT2D eigenvalue weighted by Gasteiger charge is 2.46. The zero-order valence-corrected chi connectivity index (χ0v) is 14.9. The average Bonchev–Trinajstić information content (AvgIpc) is 2.75. The van der Waals surface area contributed by atoms with Crippen molar-refractivity contribution in [2.24, 2.45) is 0 Å². The quantitative estimate of drug-likeness (QED) is 0.758. The van der Waals surface area contributed by atoms with Crippen LogP contribution in [0.25, 0.3) is 0 Å². The molecule has 0 bridgehead atoms. The molecule has 2 rings (SSSR count). The molecule has 2 N–H and O–H groups in total. The minimum absolute atomic E-state index is 0.181. The fraction of sp³-hybridized carbons (Fsp3) is 0.529. The molecule has 7 heteroatoms. The zero-order valence-electron chi connectivity index (χ0n) is 14.0.